The molecule has 0 N–H and O–H groups in total. The molecule has 6 heteroatoms. The van der Waals surface area contributed by atoms with Gasteiger partial charge in [-0.05, 0) is 28.7 Å². The zero-order chi connectivity index (χ0) is 10.1. The number of halogens is 4. The largest absolute Gasteiger partial charge is 0.495 e. The third-order valence-corrected chi connectivity index (χ3v) is 1.95. The predicted molar refractivity (Wildman–Crippen MR) is 48.5 cm³/mol. The smallest absolute Gasteiger partial charge is 0.420 e. The van der Waals surface area contributed by atoms with Gasteiger partial charge in [0.05, 0.1) is 13.3 Å². The van der Waals surface area contributed by atoms with E-state index in [-0.39, 0.29) is 9.45 Å². The van der Waals surface area contributed by atoms with Crippen LogP contribution >= 0.6 is 22.6 Å². The summed E-state index contributed by atoms with van der Waals surface area (Å²) in [5.41, 5.74) is -0.797. The van der Waals surface area contributed by atoms with E-state index < -0.39 is 11.7 Å². The fourth-order valence-electron chi connectivity index (χ4n) is 0.802. The van der Waals surface area contributed by atoms with Gasteiger partial charge in [-0.3, -0.25) is 0 Å². The average molecular weight is 303 g/mol. The quantitative estimate of drug-likeness (QED) is 0.588. The lowest BCUT2D eigenvalue weighted by molar-refractivity contribution is -0.138. The minimum absolute atomic E-state index is 0.257. The first kappa shape index (κ1) is 10.6. The van der Waals surface area contributed by atoms with E-state index >= 15 is 0 Å². The second-order valence-electron chi connectivity index (χ2n) is 2.21. The molecule has 0 spiro atoms. The Kier molecular flexibility index (Phi) is 2.99. The Balaban J connectivity index is 3.24. The van der Waals surface area contributed by atoms with Gasteiger partial charge in [0.15, 0.2) is 0 Å². The van der Waals surface area contributed by atoms with E-state index in [4.69, 9.17) is 0 Å². The Hall–Kier alpha value is -0.530. The highest BCUT2D eigenvalue weighted by Gasteiger charge is 2.34. The maximum atomic E-state index is 12.3. The minimum Gasteiger partial charge on any atom is -0.495 e. The predicted octanol–water partition coefficient (Wildman–Crippen LogP) is 2.71. The SMILES string of the molecule is COc1cnc(I)cc1C(F)(F)F. The fourth-order valence-corrected chi connectivity index (χ4v) is 1.25. The van der Waals surface area contributed by atoms with Gasteiger partial charge in [-0.25, -0.2) is 4.98 Å². The molecule has 0 fully saturated rings. The molecule has 0 aromatic carbocycles. The van der Waals surface area contributed by atoms with E-state index in [1.54, 1.807) is 22.6 Å². The molecule has 0 aliphatic carbocycles. The fraction of sp³-hybridized carbons (Fsp3) is 0.286. The summed E-state index contributed by atoms with van der Waals surface area (Å²) in [6.07, 6.45) is -3.33. The summed E-state index contributed by atoms with van der Waals surface area (Å²) in [7, 11) is 1.18. The number of hydrogen-bond acceptors (Lipinski definition) is 2. The topological polar surface area (TPSA) is 22.1 Å². The average Bonchev–Trinajstić information content (AvgIpc) is 2.03. The Morgan fingerprint density at radius 1 is 1.46 bits per heavy atom. The van der Waals surface area contributed by atoms with Crippen LogP contribution in [0.3, 0.4) is 0 Å². The Bertz CT molecular complexity index is 313. The normalized spacial score (nSPS) is 11.5. The number of pyridine rings is 1. The van der Waals surface area contributed by atoms with E-state index in [1.165, 1.54) is 7.11 Å². The molecule has 0 bridgehead atoms. The third kappa shape index (κ3) is 2.45. The first-order valence-corrected chi connectivity index (χ1v) is 4.29. The van der Waals surface area contributed by atoms with E-state index in [2.05, 4.69) is 9.72 Å². The second-order valence-corrected chi connectivity index (χ2v) is 3.31. The van der Waals surface area contributed by atoms with Crippen LogP contribution in [0.1, 0.15) is 5.56 Å². The molecule has 0 aliphatic heterocycles. The van der Waals surface area contributed by atoms with Crippen molar-refractivity contribution in [3.8, 4) is 5.75 Å². The van der Waals surface area contributed by atoms with Crippen LogP contribution in [-0.2, 0) is 6.18 Å². The van der Waals surface area contributed by atoms with Crippen LogP contribution in [-0.4, -0.2) is 12.1 Å². The molecule has 0 aliphatic rings. The summed E-state index contributed by atoms with van der Waals surface area (Å²) >= 11 is 1.71. The standard InChI is InChI=1S/C7H5F3INO/c1-13-5-3-12-6(11)2-4(5)7(8,9)10/h2-3H,1H3. The van der Waals surface area contributed by atoms with E-state index in [0.29, 0.717) is 0 Å². The number of hydrogen-bond donors (Lipinski definition) is 0. The lowest BCUT2D eigenvalue weighted by Gasteiger charge is -2.10. The van der Waals surface area contributed by atoms with Gasteiger partial charge in [0.2, 0.25) is 0 Å². The summed E-state index contributed by atoms with van der Waals surface area (Å²) in [4.78, 5) is 3.69. The highest BCUT2D eigenvalue weighted by Crippen LogP contribution is 2.35. The van der Waals surface area contributed by atoms with E-state index in [0.717, 1.165) is 12.3 Å². The van der Waals surface area contributed by atoms with Crippen molar-refractivity contribution >= 4 is 22.6 Å². The molecular weight excluding hydrogens is 298 g/mol. The molecule has 0 saturated heterocycles. The van der Waals surface area contributed by atoms with Crippen molar-refractivity contribution in [3.63, 3.8) is 0 Å². The lowest BCUT2D eigenvalue weighted by Crippen LogP contribution is -2.08. The van der Waals surface area contributed by atoms with Crippen LogP contribution in [0.15, 0.2) is 12.3 Å². The minimum atomic E-state index is -4.39. The molecule has 0 amide bonds. The van der Waals surface area contributed by atoms with Crippen LogP contribution < -0.4 is 4.74 Å². The zero-order valence-electron chi connectivity index (χ0n) is 6.52. The first-order valence-electron chi connectivity index (χ1n) is 3.22. The van der Waals surface area contributed by atoms with Gasteiger partial charge in [-0.15, -0.1) is 0 Å². The number of nitrogens with zero attached hydrogens (tertiary/aromatic N) is 1. The summed E-state index contributed by atoms with van der Waals surface area (Å²) < 4.78 is 41.7. The Morgan fingerprint density at radius 2 is 2.08 bits per heavy atom. The highest BCUT2D eigenvalue weighted by atomic mass is 127. The summed E-state index contributed by atoms with van der Waals surface area (Å²) in [5, 5.41) is 0. The molecule has 1 rings (SSSR count). The zero-order valence-corrected chi connectivity index (χ0v) is 8.68. The summed E-state index contributed by atoms with van der Waals surface area (Å²) in [6.45, 7) is 0. The summed E-state index contributed by atoms with van der Waals surface area (Å²) in [5.74, 6) is -0.257. The molecule has 1 heterocycles. The molecule has 13 heavy (non-hydrogen) atoms. The van der Waals surface area contributed by atoms with Gasteiger partial charge >= 0.3 is 6.18 Å². The molecular formula is C7H5F3INO. The monoisotopic (exact) mass is 303 g/mol. The highest BCUT2D eigenvalue weighted by molar-refractivity contribution is 14.1. The first-order chi connectivity index (χ1) is 5.95. The second kappa shape index (κ2) is 3.69. The van der Waals surface area contributed by atoms with Gasteiger partial charge in [0.1, 0.15) is 15.0 Å². The van der Waals surface area contributed by atoms with Gasteiger partial charge in [0.25, 0.3) is 0 Å². The van der Waals surface area contributed by atoms with Crippen molar-refractivity contribution in [2.24, 2.45) is 0 Å². The van der Waals surface area contributed by atoms with Crippen molar-refractivity contribution in [1.29, 1.82) is 0 Å². The van der Waals surface area contributed by atoms with Crippen molar-refractivity contribution in [2.45, 2.75) is 6.18 Å². The number of alkyl halides is 3. The van der Waals surface area contributed by atoms with Crippen LogP contribution in [0.2, 0.25) is 0 Å². The molecule has 0 atom stereocenters. The van der Waals surface area contributed by atoms with Gasteiger partial charge in [-0.1, -0.05) is 0 Å². The van der Waals surface area contributed by atoms with E-state index in [9.17, 15) is 13.2 Å². The summed E-state index contributed by atoms with van der Waals surface area (Å²) in [6, 6.07) is 0.944. The molecule has 1 aromatic heterocycles. The Labute approximate surface area is 86.3 Å². The van der Waals surface area contributed by atoms with Crippen LogP contribution in [0.4, 0.5) is 13.2 Å². The lowest BCUT2D eigenvalue weighted by atomic mass is 10.2. The van der Waals surface area contributed by atoms with Crippen molar-refractivity contribution in [2.75, 3.05) is 7.11 Å². The Morgan fingerprint density at radius 3 is 2.54 bits per heavy atom. The van der Waals surface area contributed by atoms with Gasteiger partial charge < -0.3 is 4.74 Å². The number of rotatable bonds is 1. The van der Waals surface area contributed by atoms with Crippen LogP contribution in [0.5, 0.6) is 5.75 Å². The maximum Gasteiger partial charge on any atom is 0.420 e. The van der Waals surface area contributed by atoms with Gasteiger partial charge in [0, 0.05) is 0 Å². The molecule has 0 unspecified atom stereocenters. The van der Waals surface area contributed by atoms with E-state index in [1.807, 2.05) is 0 Å². The molecule has 0 saturated carbocycles. The molecule has 1 aromatic rings. The number of aromatic nitrogens is 1. The van der Waals surface area contributed by atoms with Crippen molar-refractivity contribution in [1.82, 2.24) is 4.98 Å². The number of ether oxygens (including phenoxy) is 1. The maximum absolute atomic E-state index is 12.3. The molecule has 2 nitrogen and oxygen atoms in total. The van der Waals surface area contributed by atoms with Crippen molar-refractivity contribution in [3.05, 3.63) is 21.5 Å². The van der Waals surface area contributed by atoms with Crippen LogP contribution in [0, 0.1) is 3.70 Å². The van der Waals surface area contributed by atoms with Crippen molar-refractivity contribution < 1.29 is 17.9 Å². The third-order valence-electron chi connectivity index (χ3n) is 1.36. The number of methoxy groups -OCH3 is 1. The molecule has 0 radical (unpaired) electrons. The molecule has 72 valence electrons. The van der Waals surface area contributed by atoms with Gasteiger partial charge in [-0.2, -0.15) is 13.2 Å². The van der Waals surface area contributed by atoms with Crippen LogP contribution in [0.25, 0.3) is 0 Å².